The molecule has 0 radical (unpaired) electrons. The van der Waals surface area contributed by atoms with Gasteiger partial charge < -0.3 is 10.6 Å². The summed E-state index contributed by atoms with van der Waals surface area (Å²) in [5.74, 6) is 0.0378. The van der Waals surface area contributed by atoms with Crippen LogP contribution in [0.3, 0.4) is 0 Å². The van der Waals surface area contributed by atoms with E-state index in [0.717, 1.165) is 51.5 Å². The summed E-state index contributed by atoms with van der Waals surface area (Å²) in [6.07, 6.45) is 10.6. The normalized spacial score (nSPS) is 13.1. The molecule has 0 aromatic heterocycles. The molecule has 132 valence electrons. The number of amides is 1. The number of unbranched alkanes of at least 4 members (excludes halogenated alkanes) is 2. The quantitative estimate of drug-likeness (QED) is 0.358. The summed E-state index contributed by atoms with van der Waals surface area (Å²) in [6, 6.07) is 0.663. The van der Waals surface area contributed by atoms with E-state index < -0.39 is 0 Å². The van der Waals surface area contributed by atoms with Crippen LogP contribution < -0.4 is 10.6 Å². The Hall–Kier alpha value is -1.42. The molecule has 23 heavy (non-hydrogen) atoms. The Bertz CT molecular complexity index is 366. The minimum Gasteiger partial charge on any atom is -0.350 e. The Morgan fingerprint density at radius 3 is 2.22 bits per heavy atom. The second-order valence-corrected chi connectivity index (χ2v) is 5.94. The van der Waals surface area contributed by atoms with Gasteiger partial charge in [-0.1, -0.05) is 39.8 Å². The molecular formula is C19H34N2O2. The Balaban J connectivity index is 3.72. The maximum atomic E-state index is 11.3. The molecule has 2 atom stereocenters. The molecule has 0 aliphatic heterocycles. The standard InChI is InChI=1S/C19H34N2O2/c1-5-16(13-14-18(22)7-3)20-15-11-9-10-12-17(6-2)21-19(23)8-4/h7-8,16-17,20H,3-6,9-15H2,1-2H3,(H,21,23). The predicted octanol–water partition coefficient (Wildman–Crippen LogP) is 3.53. The molecule has 0 saturated heterocycles. The lowest BCUT2D eigenvalue weighted by Crippen LogP contribution is -2.33. The van der Waals surface area contributed by atoms with Crippen molar-refractivity contribution in [3.8, 4) is 0 Å². The van der Waals surface area contributed by atoms with Crippen LogP contribution in [-0.2, 0) is 9.59 Å². The van der Waals surface area contributed by atoms with Crippen LogP contribution in [0.4, 0.5) is 0 Å². The van der Waals surface area contributed by atoms with Gasteiger partial charge in [0.25, 0.3) is 0 Å². The molecule has 0 rings (SSSR count). The summed E-state index contributed by atoms with van der Waals surface area (Å²) in [7, 11) is 0. The molecule has 0 aliphatic carbocycles. The minimum absolute atomic E-state index is 0.0848. The van der Waals surface area contributed by atoms with Crippen molar-refractivity contribution in [3.05, 3.63) is 25.3 Å². The van der Waals surface area contributed by atoms with Crippen molar-refractivity contribution in [1.82, 2.24) is 10.6 Å². The topological polar surface area (TPSA) is 58.2 Å². The fourth-order valence-corrected chi connectivity index (χ4v) is 2.51. The van der Waals surface area contributed by atoms with E-state index in [2.05, 4.69) is 37.6 Å². The van der Waals surface area contributed by atoms with Gasteiger partial charge in [0.1, 0.15) is 0 Å². The Morgan fingerprint density at radius 2 is 1.65 bits per heavy atom. The summed E-state index contributed by atoms with van der Waals surface area (Å²) < 4.78 is 0. The fourth-order valence-electron chi connectivity index (χ4n) is 2.51. The lowest BCUT2D eigenvalue weighted by molar-refractivity contribution is -0.117. The zero-order valence-corrected chi connectivity index (χ0v) is 14.9. The molecular weight excluding hydrogens is 288 g/mol. The largest absolute Gasteiger partial charge is 0.350 e. The monoisotopic (exact) mass is 322 g/mol. The van der Waals surface area contributed by atoms with E-state index in [0.29, 0.717) is 12.5 Å². The average molecular weight is 322 g/mol. The van der Waals surface area contributed by atoms with E-state index in [4.69, 9.17) is 0 Å². The van der Waals surface area contributed by atoms with Crippen LogP contribution in [0, 0.1) is 0 Å². The van der Waals surface area contributed by atoms with Crippen LogP contribution in [0.5, 0.6) is 0 Å². The number of nitrogens with one attached hydrogen (secondary N) is 2. The summed E-state index contributed by atoms with van der Waals surface area (Å²) in [5, 5.41) is 6.48. The van der Waals surface area contributed by atoms with Crippen molar-refractivity contribution in [2.75, 3.05) is 6.54 Å². The highest BCUT2D eigenvalue weighted by Crippen LogP contribution is 2.07. The number of hydrogen-bond acceptors (Lipinski definition) is 3. The van der Waals surface area contributed by atoms with Gasteiger partial charge in [-0.15, -0.1) is 0 Å². The SMILES string of the molecule is C=CC(=O)CCC(CC)NCCCCCC(CC)NC(=O)C=C. The van der Waals surface area contributed by atoms with Gasteiger partial charge in [-0.3, -0.25) is 9.59 Å². The van der Waals surface area contributed by atoms with E-state index in [1.165, 1.54) is 12.2 Å². The van der Waals surface area contributed by atoms with Gasteiger partial charge in [0.05, 0.1) is 0 Å². The molecule has 2 N–H and O–H groups in total. The van der Waals surface area contributed by atoms with Gasteiger partial charge in [0.15, 0.2) is 5.78 Å². The van der Waals surface area contributed by atoms with E-state index in [1.807, 2.05) is 0 Å². The second kappa shape index (κ2) is 14.2. The van der Waals surface area contributed by atoms with Gasteiger partial charge in [0, 0.05) is 18.5 Å². The maximum Gasteiger partial charge on any atom is 0.243 e. The van der Waals surface area contributed by atoms with Crippen LogP contribution in [0.2, 0.25) is 0 Å². The van der Waals surface area contributed by atoms with Crippen molar-refractivity contribution in [2.45, 2.75) is 77.3 Å². The van der Waals surface area contributed by atoms with Crippen LogP contribution in [0.1, 0.15) is 65.2 Å². The Kier molecular flexibility index (Phi) is 13.3. The lowest BCUT2D eigenvalue weighted by atomic mass is 10.0. The first-order valence-corrected chi connectivity index (χ1v) is 8.88. The number of ketones is 1. The van der Waals surface area contributed by atoms with Crippen molar-refractivity contribution in [3.63, 3.8) is 0 Å². The zero-order chi connectivity index (χ0) is 17.5. The number of carbonyl (C=O) groups excluding carboxylic acids is 2. The number of rotatable bonds is 15. The summed E-state index contributed by atoms with van der Waals surface area (Å²) in [6.45, 7) is 12.2. The maximum absolute atomic E-state index is 11.3. The third-order valence-electron chi connectivity index (χ3n) is 4.15. The molecule has 0 aromatic carbocycles. The Labute approximate surface area is 141 Å². The van der Waals surface area contributed by atoms with E-state index >= 15 is 0 Å². The van der Waals surface area contributed by atoms with E-state index in [1.54, 1.807) is 0 Å². The Morgan fingerprint density at radius 1 is 0.957 bits per heavy atom. The third kappa shape index (κ3) is 11.8. The summed E-state index contributed by atoms with van der Waals surface area (Å²) >= 11 is 0. The summed E-state index contributed by atoms with van der Waals surface area (Å²) in [4.78, 5) is 22.5. The highest BCUT2D eigenvalue weighted by atomic mass is 16.1. The predicted molar refractivity (Wildman–Crippen MR) is 97.4 cm³/mol. The molecule has 0 aromatic rings. The first kappa shape index (κ1) is 21.6. The van der Waals surface area contributed by atoms with Crippen molar-refractivity contribution in [1.29, 1.82) is 0 Å². The molecule has 4 nitrogen and oxygen atoms in total. The van der Waals surface area contributed by atoms with Gasteiger partial charge in [-0.25, -0.2) is 0 Å². The van der Waals surface area contributed by atoms with E-state index in [-0.39, 0.29) is 17.7 Å². The summed E-state index contributed by atoms with van der Waals surface area (Å²) in [5.41, 5.74) is 0. The molecule has 0 bridgehead atoms. The van der Waals surface area contributed by atoms with Crippen molar-refractivity contribution < 1.29 is 9.59 Å². The average Bonchev–Trinajstić information content (AvgIpc) is 2.58. The molecule has 0 spiro atoms. The smallest absolute Gasteiger partial charge is 0.243 e. The highest BCUT2D eigenvalue weighted by molar-refractivity contribution is 5.89. The molecule has 1 amide bonds. The molecule has 4 heteroatoms. The van der Waals surface area contributed by atoms with Crippen LogP contribution >= 0.6 is 0 Å². The van der Waals surface area contributed by atoms with Gasteiger partial charge in [-0.2, -0.15) is 0 Å². The van der Waals surface area contributed by atoms with Crippen molar-refractivity contribution >= 4 is 11.7 Å². The molecule has 0 aliphatic rings. The third-order valence-corrected chi connectivity index (χ3v) is 4.15. The van der Waals surface area contributed by atoms with Crippen LogP contribution in [-0.4, -0.2) is 30.3 Å². The molecule has 2 unspecified atom stereocenters. The zero-order valence-electron chi connectivity index (χ0n) is 14.9. The molecule has 0 fully saturated rings. The van der Waals surface area contributed by atoms with Gasteiger partial charge in [0.2, 0.25) is 5.91 Å². The van der Waals surface area contributed by atoms with Crippen molar-refractivity contribution in [2.24, 2.45) is 0 Å². The molecule has 0 saturated carbocycles. The highest BCUT2D eigenvalue weighted by Gasteiger charge is 2.09. The lowest BCUT2D eigenvalue weighted by Gasteiger charge is -2.17. The number of hydrogen-bond donors (Lipinski definition) is 2. The minimum atomic E-state index is -0.0848. The fraction of sp³-hybridized carbons (Fsp3) is 0.684. The van der Waals surface area contributed by atoms with Gasteiger partial charge in [-0.05, 0) is 50.8 Å². The first-order valence-electron chi connectivity index (χ1n) is 8.88. The first-order chi connectivity index (χ1) is 11.1. The second-order valence-electron chi connectivity index (χ2n) is 5.94. The van der Waals surface area contributed by atoms with Gasteiger partial charge >= 0.3 is 0 Å². The number of carbonyl (C=O) groups is 2. The van der Waals surface area contributed by atoms with Crippen LogP contribution in [0.25, 0.3) is 0 Å². The molecule has 0 heterocycles. The number of allylic oxidation sites excluding steroid dienone is 1. The van der Waals surface area contributed by atoms with E-state index in [9.17, 15) is 9.59 Å². The van der Waals surface area contributed by atoms with Crippen LogP contribution in [0.15, 0.2) is 25.3 Å².